The first-order chi connectivity index (χ1) is 7.13. The third-order valence-corrected chi connectivity index (χ3v) is 4.86. The van der Waals surface area contributed by atoms with Gasteiger partial charge in [-0.3, -0.25) is 0 Å². The summed E-state index contributed by atoms with van der Waals surface area (Å²) >= 11 is 1.40. The van der Waals surface area contributed by atoms with E-state index < -0.39 is 10.0 Å². The summed E-state index contributed by atoms with van der Waals surface area (Å²) < 4.78 is 25.0. The fraction of sp³-hybridized carbons (Fsp3) is 0.444. The molecule has 2 rings (SSSR count). The van der Waals surface area contributed by atoms with Crippen molar-refractivity contribution >= 4 is 21.4 Å². The third-order valence-electron chi connectivity index (χ3n) is 2.31. The molecule has 81 valence electrons. The second-order valence-corrected chi connectivity index (χ2v) is 6.22. The van der Waals surface area contributed by atoms with Crippen molar-refractivity contribution in [1.82, 2.24) is 9.29 Å². The molecule has 0 amide bonds. The molecule has 0 bridgehead atoms. The van der Waals surface area contributed by atoms with Gasteiger partial charge in [0.25, 0.3) is 0 Å². The molecule has 0 spiro atoms. The normalized spacial score (nSPS) is 17.3. The number of hydrogen-bond donors (Lipinski definition) is 0. The van der Waals surface area contributed by atoms with Crippen LogP contribution in [0.5, 0.6) is 0 Å². The van der Waals surface area contributed by atoms with Gasteiger partial charge in [-0.05, 0) is 0 Å². The highest BCUT2D eigenvalue weighted by Gasteiger charge is 2.26. The molecule has 1 aromatic rings. The van der Waals surface area contributed by atoms with E-state index in [1.165, 1.54) is 21.7 Å². The van der Waals surface area contributed by atoms with Gasteiger partial charge in [0.15, 0.2) is 5.51 Å². The van der Waals surface area contributed by atoms with Crippen molar-refractivity contribution in [3.8, 4) is 0 Å². The average molecular weight is 243 g/mol. The monoisotopic (exact) mass is 243 g/mol. The minimum Gasteiger partial charge on any atom is -0.238 e. The van der Waals surface area contributed by atoms with Crippen LogP contribution in [0.25, 0.3) is 0 Å². The zero-order valence-corrected chi connectivity index (χ0v) is 9.77. The minimum absolute atomic E-state index is 0.00481. The molecule has 15 heavy (non-hydrogen) atoms. The first kappa shape index (κ1) is 10.8. The molecule has 0 fully saturated rings. The van der Waals surface area contributed by atoms with Crippen LogP contribution in [0, 0.1) is 5.51 Å². The van der Waals surface area contributed by atoms with Crippen LogP contribution in [0.2, 0.25) is 0 Å². The first-order valence-electron chi connectivity index (χ1n) is 4.57. The number of aromatic nitrogens is 1. The molecule has 1 aliphatic heterocycles. The molecule has 4 nitrogen and oxygen atoms in total. The van der Waals surface area contributed by atoms with Crippen LogP contribution >= 0.6 is 11.3 Å². The maximum Gasteiger partial charge on any atom is 0.218 e. The van der Waals surface area contributed by atoms with Crippen LogP contribution in [-0.4, -0.2) is 30.0 Å². The SMILES string of the molecule is C=CCS(=O)(=O)N1CCc2n[c]sc2C1. The molecule has 6 heteroatoms. The van der Waals surface area contributed by atoms with Crippen LogP contribution in [0.3, 0.4) is 0 Å². The number of rotatable bonds is 3. The number of hydrogen-bond acceptors (Lipinski definition) is 4. The summed E-state index contributed by atoms with van der Waals surface area (Å²) in [6, 6.07) is 0. The molecule has 0 aliphatic carbocycles. The van der Waals surface area contributed by atoms with Gasteiger partial charge in [-0.1, -0.05) is 6.08 Å². The van der Waals surface area contributed by atoms with Crippen molar-refractivity contribution in [2.45, 2.75) is 13.0 Å². The fourth-order valence-corrected chi connectivity index (χ4v) is 3.57. The van der Waals surface area contributed by atoms with E-state index >= 15 is 0 Å². The highest BCUT2D eigenvalue weighted by molar-refractivity contribution is 7.89. The summed E-state index contributed by atoms with van der Waals surface area (Å²) in [7, 11) is -3.17. The lowest BCUT2D eigenvalue weighted by molar-refractivity contribution is 0.394. The lowest BCUT2D eigenvalue weighted by Gasteiger charge is -2.24. The largest absolute Gasteiger partial charge is 0.238 e. The molecular formula is C9H11N2O2S2. The van der Waals surface area contributed by atoms with E-state index in [2.05, 4.69) is 17.1 Å². The molecule has 0 aromatic carbocycles. The summed E-state index contributed by atoms with van der Waals surface area (Å²) in [5.41, 5.74) is 3.78. The molecule has 1 aliphatic rings. The van der Waals surface area contributed by atoms with Gasteiger partial charge in [0.05, 0.1) is 11.4 Å². The Bertz CT molecular complexity index is 464. The van der Waals surface area contributed by atoms with Gasteiger partial charge in [0.2, 0.25) is 10.0 Å². The van der Waals surface area contributed by atoms with E-state index in [1.54, 1.807) is 0 Å². The van der Waals surface area contributed by atoms with Crippen molar-refractivity contribution in [2.75, 3.05) is 12.3 Å². The Labute approximate surface area is 93.3 Å². The van der Waals surface area contributed by atoms with Crippen molar-refractivity contribution in [3.05, 3.63) is 28.7 Å². The number of fused-ring (bicyclic) bond motifs is 1. The maximum absolute atomic E-state index is 11.7. The highest BCUT2D eigenvalue weighted by atomic mass is 32.2. The molecule has 0 saturated carbocycles. The summed E-state index contributed by atoms with van der Waals surface area (Å²) in [6.45, 7) is 4.41. The Morgan fingerprint density at radius 3 is 3.20 bits per heavy atom. The van der Waals surface area contributed by atoms with E-state index in [9.17, 15) is 8.42 Å². The topological polar surface area (TPSA) is 50.3 Å². The van der Waals surface area contributed by atoms with Crippen molar-refractivity contribution in [2.24, 2.45) is 0 Å². The Hall–Kier alpha value is -0.720. The van der Waals surface area contributed by atoms with Gasteiger partial charge in [-0.2, -0.15) is 4.31 Å². The highest BCUT2D eigenvalue weighted by Crippen LogP contribution is 2.23. The second kappa shape index (κ2) is 4.03. The average Bonchev–Trinajstić information content (AvgIpc) is 2.63. The summed E-state index contributed by atoms with van der Waals surface area (Å²) in [5, 5.41) is 0. The summed E-state index contributed by atoms with van der Waals surface area (Å²) in [4.78, 5) is 5.08. The van der Waals surface area contributed by atoms with Gasteiger partial charge < -0.3 is 0 Å². The number of sulfonamides is 1. The third kappa shape index (κ3) is 2.11. The van der Waals surface area contributed by atoms with Crippen LogP contribution in [0.4, 0.5) is 0 Å². The number of thiazole rings is 1. The van der Waals surface area contributed by atoms with E-state index in [1.807, 2.05) is 0 Å². The predicted molar refractivity (Wildman–Crippen MR) is 59.0 cm³/mol. The Balaban J connectivity index is 2.20. The van der Waals surface area contributed by atoms with Crippen LogP contribution in [0.1, 0.15) is 10.6 Å². The van der Waals surface area contributed by atoms with Gasteiger partial charge in [0.1, 0.15) is 0 Å². The molecular weight excluding hydrogens is 232 g/mol. The second-order valence-electron chi connectivity index (χ2n) is 3.33. The van der Waals surface area contributed by atoms with E-state index in [0.29, 0.717) is 19.5 Å². The van der Waals surface area contributed by atoms with E-state index in [4.69, 9.17) is 0 Å². The zero-order chi connectivity index (χ0) is 10.9. The summed E-state index contributed by atoms with van der Waals surface area (Å²) in [6.07, 6.45) is 2.11. The molecule has 0 N–H and O–H groups in total. The standard InChI is InChI=1S/C9H11N2O2S2/c1-2-5-15(12,13)11-4-3-8-9(6-11)14-7-10-8/h2H,1,3-6H2. The lowest BCUT2D eigenvalue weighted by Crippen LogP contribution is -2.36. The molecule has 0 unspecified atom stereocenters. The molecule has 1 radical (unpaired) electrons. The van der Waals surface area contributed by atoms with Crippen LogP contribution in [-0.2, 0) is 23.0 Å². The molecule has 0 saturated heterocycles. The Morgan fingerprint density at radius 2 is 2.47 bits per heavy atom. The van der Waals surface area contributed by atoms with Gasteiger partial charge >= 0.3 is 0 Å². The molecule has 0 atom stereocenters. The maximum atomic E-state index is 11.7. The van der Waals surface area contributed by atoms with Crippen molar-refractivity contribution < 1.29 is 8.42 Å². The van der Waals surface area contributed by atoms with E-state index in [-0.39, 0.29) is 5.75 Å². The summed E-state index contributed by atoms with van der Waals surface area (Å²) in [5.74, 6) is 0.00481. The molecule has 2 heterocycles. The number of nitrogens with zero attached hydrogens (tertiary/aromatic N) is 2. The lowest BCUT2D eigenvalue weighted by atomic mass is 10.2. The Kier molecular flexibility index (Phi) is 2.90. The fourth-order valence-electron chi connectivity index (χ4n) is 1.53. The smallest absolute Gasteiger partial charge is 0.218 e. The van der Waals surface area contributed by atoms with Gasteiger partial charge in [-0.15, -0.1) is 17.9 Å². The Morgan fingerprint density at radius 1 is 1.67 bits per heavy atom. The predicted octanol–water partition coefficient (Wildman–Crippen LogP) is 0.817. The molecule has 1 aromatic heterocycles. The van der Waals surface area contributed by atoms with Gasteiger partial charge in [0, 0.05) is 24.4 Å². The quantitative estimate of drug-likeness (QED) is 0.738. The van der Waals surface area contributed by atoms with E-state index in [0.717, 1.165) is 10.6 Å². The minimum atomic E-state index is -3.17. The van der Waals surface area contributed by atoms with Crippen molar-refractivity contribution in [3.63, 3.8) is 0 Å². The van der Waals surface area contributed by atoms with Crippen molar-refractivity contribution in [1.29, 1.82) is 0 Å². The van der Waals surface area contributed by atoms with Crippen LogP contribution < -0.4 is 0 Å². The van der Waals surface area contributed by atoms with Gasteiger partial charge in [-0.25, -0.2) is 13.4 Å². The zero-order valence-electron chi connectivity index (χ0n) is 8.14. The van der Waals surface area contributed by atoms with Crippen LogP contribution in [0.15, 0.2) is 12.7 Å². The first-order valence-corrected chi connectivity index (χ1v) is 6.99.